The molecule has 8 nitrogen and oxygen atoms in total. The highest BCUT2D eigenvalue weighted by molar-refractivity contribution is 7.80. The molecule has 11 heteroatoms. The van der Waals surface area contributed by atoms with Crippen molar-refractivity contribution in [1.82, 2.24) is 9.97 Å². The first-order valence-corrected chi connectivity index (χ1v) is 14.8. The lowest BCUT2D eigenvalue weighted by Gasteiger charge is -2.17. The summed E-state index contributed by atoms with van der Waals surface area (Å²) in [7, 11) is 0. The van der Waals surface area contributed by atoms with Gasteiger partial charge in [0.1, 0.15) is 5.01 Å². The van der Waals surface area contributed by atoms with Gasteiger partial charge in [-0.05, 0) is 36.2 Å². The Morgan fingerprint density at radius 2 is 1.62 bits per heavy atom. The van der Waals surface area contributed by atoms with Crippen molar-refractivity contribution in [2.45, 2.75) is 19.4 Å². The van der Waals surface area contributed by atoms with Crippen LogP contribution in [0.1, 0.15) is 24.2 Å². The molecule has 0 fully saturated rings. The summed E-state index contributed by atoms with van der Waals surface area (Å²) in [6.07, 6.45) is 0.624. The molecule has 1 unspecified atom stereocenters. The molecule has 39 heavy (non-hydrogen) atoms. The molecule has 0 saturated carbocycles. The number of thiazole rings is 2. The summed E-state index contributed by atoms with van der Waals surface area (Å²) in [5.41, 5.74) is 6.01. The zero-order valence-electron chi connectivity index (χ0n) is 20.8. The van der Waals surface area contributed by atoms with E-state index in [1.807, 2.05) is 72.1 Å². The lowest BCUT2D eigenvalue weighted by Crippen LogP contribution is -2.14. The smallest absolute Gasteiger partial charge is 0.221 e. The van der Waals surface area contributed by atoms with Crippen molar-refractivity contribution in [3.05, 3.63) is 101 Å². The van der Waals surface area contributed by atoms with Crippen molar-refractivity contribution in [2.24, 2.45) is 0 Å². The molecule has 0 aliphatic heterocycles. The first-order valence-electron chi connectivity index (χ1n) is 12.0. The number of hydrogen-bond donors (Lipinski definition) is 3. The Labute approximate surface area is 236 Å². The Balaban J connectivity index is 1.38. The third-order valence-corrected chi connectivity index (χ3v) is 7.88. The standard InChI is InChI=1S/C28H25N5O3S3/c1-18(34)29-22-13-9-20(10-14-22)25-16-38-28(32-25)31-24(15-19-7-11-23(12-8-19)33-39(35)36)26-17-37-27(30-26)21-5-3-2-4-6-21/h2-14,16-17,24,33H,15H2,1H3,(H,29,34)(H,31,32)(H,35,36)/p-1/t24-/m0/s1. The minimum absolute atomic E-state index is 0.113. The van der Waals surface area contributed by atoms with Gasteiger partial charge in [0.05, 0.1) is 17.4 Å². The van der Waals surface area contributed by atoms with E-state index in [0.717, 1.165) is 43.9 Å². The van der Waals surface area contributed by atoms with Gasteiger partial charge in [0.25, 0.3) is 0 Å². The fourth-order valence-corrected chi connectivity index (χ4v) is 5.96. The van der Waals surface area contributed by atoms with E-state index < -0.39 is 11.3 Å². The lowest BCUT2D eigenvalue weighted by molar-refractivity contribution is -0.114. The van der Waals surface area contributed by atoms with Crippen molar-refractivity contribution in [3.8, 4) is 21.8 Å². The van der Waals surface area contributed by atoms with Crippen LogP contribution in [-0.2, 0) is 22.5 Å². The maximum absolute atomic E-state index is 11.3. The summed E-state index contributed by atoms with van der Waals surface area (Å²) in [6.45, 7) is 1.48. The van der Waals surface area contributed by atoms with Crippen LogP contribution in [-0.4, -0.2) is 24.6 Å². The van der Waals surface area contributed by atoms with Crippen LogP contribution in [0, 0.1) is 0 Å². The maximum Gasteiger partial charge on any atom is 0.221 e. The summed E-state index contributed by atoms with van der Waals surface area (Å²) in [5.74, 6) is -0.113. The molecule has 0 aliphatic carbocycles. The fraction of sp³-hybridized carbons (Fsp3) is 0.107. The molecule has 0 aliphatic rings. The number of hydrogen-bond acceptors (Lipinski definition) is 8. The molecule has 1 amide bonds. The van der Waals surface area contributed by atoms with E-state index in [-0.39, 0.29) is 11.9 Å². The van der Waals surface area contributed by atoms with Gasteiger partial charge < -0.3 is 19.9 Å². The van der Waals surface area contributed by atoms with E-state index >= 15 is 0 Å². The summed E-state index contributed by atoms with van der Waals surface area (Å²) in [6, 6.07) is 24.8. The van der Waals surface area contributed by atoms with Crippen molar-refractivity contribution < 1.29 is 13.6 Å². The minimum Gasteiger partial charge on any atom is -0.755 e. The molecule has 0 saturated heterocycles. The van der Waals surface area contributed by atoms with Crippen LogP contribution in [0.2, 0.25) is 0 Å². The Morgan fingerprint density at radius 1 is 0.897 bits per heavy atom. The molecule has 2 atom stereocenters. The minimum atomic E-state index is -2.37. The van der Waals surface area contributed by atoms with E-state index in [1.54, 1.807) is 23.5 Å². The van der Waals surface area contributed by atoms with Crippen LogP contribution in [0.3, 0.4) is 0 Å². The molecule has 0 bridgehead atoms. The summed E-state index contributed by atoms with van der Waals surface area (Å²) in [4.78, 5) is 21.0. The monoisotopic (exact) mass is 574 g/mol. The summed E-state index contributed by atoms with van der Waals surface area (Å²) in [5, 5.41) is 12.1. The van der Waals surface area contributed by atoms with Crippen LogP contribution in [0.5, 0.6) is 0 Å². The van der Waals surface area contributed by atoms with Gasteiger partial charge in [-0.3, -0.25) is 9.00 Å². The molecule has 2 heterocycles. The first-order chi connectivity index (χ1) is 18.9. The van der Waals surface area contributed by atoms with Gasteiger partial charge in [-0.2, -0.15) is 0 Å². The van der Waals surface area contributed by atoms with Gasteiger partial charge >= 0.3 is 0 Å². The van der Waals surface area contributed by atoms with Gasteiger partial charge in [0.2, 0.25) is 5.91 Å². The van der Waals surface area contributed by atoms with E-state index in [0.29, 0.717) is 12.1 Å². The van der Waals surface area contributed by atoms with Crippen LogP contribution in [0.25, 0.3) is 21.8 Å². The highest BCUT2D eigenvalue weighted by Gasteiger charge is 2.19. The van der Waals surface area contributed by atoms with Crippen molar-refractivity contribution in [1.29, 1.82) is 0 Å². The third kappa shape index (κ3) is 7.15. The lowest BCUT2D eigenvalue weighted by atomic mass is 10.0. The van der Waals surface area contributed by atoms with Gasteiger partial charge in [-0.15, -0.1) is 22.7 Å². The highest BCUT2D eigenvalue weighted by Crippen LogP contribution is 2.32. The number of benzene rings is 3. The van der Waals surface area contributed by atoms with Gasteiger partial charge in [-0.1, -0.05) is 54.6 Å². The Kier molecular flexibility index (Phi) is 8.42. The van der Waals surface area contributed by atoms with Crippen LogP contribution >= 0.6 is 22.7 Å². The molecule has 5 aromatic rings. The van der Waals surface area contributed by atoms with E-state index in [2.05, 4.69) is 20.7 Å². The topological polar surface area (TPSA) is 119 Å². The normalized spacial score (nSPS) is 12.5. The number of carbonyl (C=O) groups excluding carboxylic acids is 1. The summed E-state index contributed by atoms with van der Waals surface area (Å²) < 4.78 is 24.3. The predicted molar refractivity (Wildman–Crippen MR) is 158 cm³/mol. The van der Waals surface area contributed by atoms with Gasteiger partial charge in [-0.25, -0.2) is 9.97 Å². The molecule has 0 radical (unpaired) electrons. The van der Waals surface area contributed by atoms with Crippen molar-refractivity contribution in [2.75, 3.05) is 15.4 Å². The maximum atomic E-state index is 11.3. The second-order valence-electron chi connectivity index (χ2n) is 8.67. The third-order valence-electron chi connectivity index (χ3n) is 5.80. The number of nitrogens with one attached hydrogen (secondary N) is 3. The van der Waals surface area contributed by atoms with Gasteiger partial charge in [0.15, 0.2) is 5.13 Å². The van der Waals surface area contributed by atoms with Crippen LogP contribution < -0.4 is 15.4 Å². The van der Waals surface area contributed by atoms with Crippen LogP contribution in [0.4, 0.5) is 16.5 Å². The number of nitrogens with zero attached hydrogens (tertiary/aromatic N) is 2. The SMILES string of the molecule is CC(=O)Nc1ccc(-c2csc(N[C@@H](Cc3ccc(NS(=O)[O-])cc3)c3csc(-c4ccccc4)n3)n2)cc1. The number of anilines is 3. The number of aromatic nitrogens is 2. The molecule has 2 aromatic heterocycles. The number of rotatable bonds is 10. The van der Waals surface area contributed by atoms with Gasteiger partial charge in [0, 0.05) is 51.5 Å². The number of carbonyl (C=O) groups is 1. The largest absolute Gasteiger partial charge is 0.755 e. The summed E-state index contributed by atoms with van der Waals surface area (Å²) >= 11 is 0.733. The molecular weight excluding hydrogens is 551 g/mol. The molecular formula is C28H24N5O3S3-. The van der Waals surface area contributed by atoms with E-state index in [9.17, 15) is 13.6 Å². The predicted octanol–water partition coefficient (Wildman–Crippen LogP) is 6.49. The van der Waals surface area contributed by atoms with Crippen molar-refractivity contribution >= 4 is 56.4 Å². The van der Waals surface area contributed by atoms with E-state index in [1.165, 1.54) is 18.3 Å². The highest BCUT2D eigenvalue weighted by atomic mass is 32.2. The zero-order valence-corrected chi connectivity index (χ0v) is 23.2. The second kappa shape index (κ2) is 12.3. The fourth-order valence-electron chi connectivity index (χ4n) is 3.98. The average Bonchev–Trinajstić information content (AvgIpc) is 3.60. The molecule has 3 aromatic carbocycles. The Morgan fingerprint density at radius 3 is 2.31 bits per heavy atom. The molecule has 198 valence electrons. The Bertz CT molecular complexity index is 1570. The molecule has 5 rings (SSSR count). The zero-order chi connectivity index (χ0) is 27.2. The first kappa shape index (κ1) is 26.7. The molecule has 0 spiro atoms. The average molecular weight is 575 g/mol. The quantitative estimate of drug-likeness (QED) is 0.164. The number of amides is 1. The molecule has 3 N–H and O–H groups in total. The van der Waals surface area contributed by atoms with Crippen LogP contribution in [0.15, 0.2) is 89.6 Å². The van der Waals surface area contributed by atoms with Crippen molar-refractivity contribution in [3.63, 3.8) is 0 Å². The second-order valence-corrected chi connectivity index (χ2v) is 11.1. The van der Waals surface area contributed by atoms with E-state index in [4.69, 9.17) is 9.97 Å². The Hall–Kier alpha value is -3.90.